The third-order valence-corrected chi connectivity index (χ3v) is 12.7. The van der Waals surface area contributed by atoms with Crippen LogP contribution in [0.15, 0.2) is 181 Å². The van der Waals surface area contributed by atoms with Crippen molar-refractivity contribution >= 4 is 62.0 Å². The van der Waals surface area contributed by atoms with Gasteiger partial charge in [-0.2, -0.15) is 19.2 Å². The molecule has 0 aliphatic rings. The number of likely N-dealkylation sites (N-methyl/N-ethyl adjacent to an activating group) is 2. The van der Waals surface area contributed by atoms with E-state index in [1.165, 1.54) is 0 Å². The van der Waals surface area contributed by atoms with Crippen LogP contribution < -0.4 is 10.6 Å². The Morgan fingerprint density at radius 2 is 1.01 bits per heavy atom. The first-order chi connectivity index (χ1) is 34.6. The lowest BCUT2D eigenvalue weighted by Crippen LogP contribution is -2.28. The zero-order valence-electron chi connectivity index (χ0n) is 39.7. The van der Waals surface area contributed by atoms with Crippen LogP contribution >= 0.6 is 15.9 Å². The van der Waals surface area contributed by atoms with Crippen molar-refractivity contribution in [1.82, 2.24) is 49.0 Å². The molecule has 2 amide bonds. The normalized spacial score (nSPS) is 10.9. The highest BCUT2D eigenvalue weighted by atomic mass is 79.9. The van der Waals surface area contributed by atoms with Crippen molar-refractivity contribution in [2.75, 3.05) is 37.8 Å². The van der Waals surface area contributed by atoms with E-state index in [-0.39, 0.29) is 11.8 Å². The molecule has 0 atom stereocenters. The van der Waals surface area contributed by atoms with Gasteiger partial charge in [0.2, 0.25) is 0 Å². The van der Waals surface area contributed by atoms with Gasteiger partial charge >= 0.3 is 0 Å². The minimum Gasteiger partial charge on any atom is -0.341 e. The average Bonchev–Trinajstić information content (AvgIpc) is 3.95. The number of hydrogen-bond acceptors (Lipinski definition) is 10. The molecule has 6 heterocycles. The number of pyridine rings is 2. The molecule has 354 valence electrons. The Balaban J connectivity index is 0.000000176. The van der Waals surface area contributed by atoms with E-state index >= 15 is 0 Å². The van der Waals surface area contributed by atoms with Gasteiger partial charge in [0.1, 0.15) is 11.6 Å². The van der Waals surface area contributed by atoms with Gasteiger partial charge in [0.15, 0.2) is 11.3 Å². The summed E-state index contributed by atoms with van der Waals surface area (Å²) in [4.78, 5) is 47.5. The first-order valence-corrected chi connectivity index (χ1v) is 23.9. The van der Waals surface area contributed by atoms with E-state index in [2.05, 4.69) is 46.7 Å². The summed E-state index contributed by atoms with van der Waals surface area (Å²) in [5, 5.41) is 16.1. The maximum atomic E-state index is 12.9. The quantitative estimate of drug-likeness (QED) is 0.108. The fourth-order valence-corrected chi connectivity index (χ4v) is 8.20. The fourth-order valence-electron chi connectivity index (χ4n) is 7.87. The van der Waals surface area contributed by atoms with E-state index in [4.69, 9.17) is 9.97 Å². The minimum atomic E-state index is -0.0261. The highest BCUT2D eigenvalue weighted by molar-refractivity contribution is 9.10. The zero-order chi connectivity index (χ0) is 49.3. The second-order valence-electron chi connectivity index (χ2n) is 17.0. The average molecular weight is 1000 g/mol. The molecule has 0 bridgehead atoms. The topological polar surface area (TPSA) is 151 Å². The molecule has 0 aliphatic heterocycles. The Hall–Kier alpha value is -8.56. The molecular formula is C56H51BrN12O2. The predicted molar refractivity (Wildman–Crippen MR) is 283 cm³/mol. The van der Waals surface area contributed by atoms with Gasteiger partial charge in [-0.15, -0.1) is 0 Å². The molecule has 10 rings (SSSR count). The smallest absolute Gasteiger partial charge is 0.253 e. The van der Waals surface area contributed by atoms with Gasteiger partial charge in [-0.1, -0.05) is 72.8 Å². The molecule has 6 aromatic heterocycles. The van der Waals surface area contributed by atoms with Gasteiger partial charge in [0.05, 0.1) is 27.2 Å². The van der Waals surface area contributed by atoms with Gasteiger partial charge in [-0.3, -0.25) is 19.6 Å². The Bertz CT molecular complexity index is 3410. The number of aryl methyl sites for hydroxylation is 2. The van der Waals surface area contributed by atoms with Crippen molar-refractivity contribution in [3.05, 3.63) is 215 Å². The lowest BCUT2D eigenvalue weighted by Gasteiger charge is -2.17. The molecule has 0 fully saturated rings. The number of benzene rings is 4. The molecule has 0 saturated heterocycles. The number of nitrogens with one attached hydrogen (secondary N) is 2. The van der Waals surface area contributed by atoms with Gasteiger partial charge < -0.3 is 20.4 Å². The number of halogens is 1. The Kier molecular flexibility index (Phi) is 14.6. The number of fused-ring (bicyclic) bond motifs is 2. The van der Waals surface area contributed by atoms with Crippen LogP contribution in [0.4, 0.5) is 23.0 Å². The van der Waals surface area contributed by atoms with Crippen LogP contribution in [0.25, 0.3) is 33.8 Å². The Labute approximate surface area is 420 Å². The van der Waals surface area contributed by atoms with Crippen molar-refractivity contribution in [2.45, 2.75) is 26.7 Å². The van der Waals surface area contributed by atoms with Crippen molar-refractivity contribution < 1.29 is 9.59 Å². The van der Waals surface area contributed by atoms with E-state index in [1.807, 2.05) is 192 Å². The standard InChI is InChI=1S/C28H25BrN6O.C28H26N6O/c1-19-26(29)27-32-24(20-8-4-3-5-9-20)18-25(35(27)33-19)31-23-13-11-21(12-14-23)28(36)34(2)17-15-22-10-6-7-16-30-22;1-20-18-26-31-25(21-8-4-3-5-9-21)19-27(34(26)32-20)30-24-13-11-22(12-14-24)28(35)33(2)17-15-23-10-6-7-16-29-23/h3-14,16,18,31H,15,17H2,1-2H3;3-14,16,18-19,30H,15,17H2,1-2H3. The van der Waals surface area contributed by atoms with Gasteiger partial charge in [0, 0.05) is 116 Å². The van der Waals surface area contributed by atoms with Crippen LogP contribution in [0, 0.1) is 13.8 Å². The maximum absolute atomic E-state index is 12.9. The van der Waals surface area contributed by atoms with E-state index in [0.717, 1.165) is 84.1 Å². The molecule has 0 radical (unpaired) electrons. The van der Waals surface area contributed by atoms with Crippen LogP contribution in [-0.2, 0) is 12.8 Å². The van der Waals surface area contributed by atoms with E-state index < -0.39 is 0 Å². The molecule has 15 heteroatoms. The fraction of sp³-hybridized carbons (Fsp3) is 0.143. The summed E-state index contributed by atoms with van der Waals surface area (Å²) in [5.41, 5.74) is 11.9. The summed E-state index contributed by atoms with van der Waals surface area (Å²) in [6, 6.07) is 52.6. The number of carbonyl (C=O) groups is 2. The molecule has 4 aromatic carbocycles. The van der Waals surface area contributed by atoms with Crippen molar-refractivity contribution in [2.24, 2.45) is 0 Å². The van der Waals surface area contributed by atoms with E-state index in [0.29, 0.717) is 37.1 Å². The molecular weight excluding hydrogens is 953 g/mol. The second kappa shape index (κ2) is 21.8. The monoisotopic (exact) mass is 1000 g/mol. The van der Waals surface area contributed by atoms with Crippen molar-refractivity contribution in [3.63, 3.8) is 0 Å². The summed E-state index contributed by atoms with van der Waals surface area (Å²) in [7, 11) is 3.63. The SMILES string of the molecule is Cc1cc2nc(-c3ccccc3)cc(Nc3ccc(C(=O)N(C)CCc4ccccn4)cc3)n2n1.Cc1nn2c(Nc3ccc(C(=O)N(C)CCc4ccccn4)cc3)cc(-c3ccccc3)nc2c1Br. The van der Waals surface area contributed by atoms with Crippen LogP contribution in [0.1, 0.15) is 43.5 Å². The molecule has 0 saturated carbocycles. The lowest BCUT2D eigenvalue weighted by molar-refractivity contribution is 0.0789. The summed E-state index contributed by atoms with van der Waals surface area (Å²) in [6.45, 7) is 5.09. The molecule has 2 N–H and O–H groups in total. The van der Waals surface area contributed by atoms with Crippen LogP contribution in [0.5, 0.6) is 0 Å². The molecule has 0 unspecified atom stereocenters. The van der Waals surface area contributed by atoms with Crippen molar-refractivity contribution in [1.29, 1.82) is 0 Å². The first kappa shape index (κ1) is 47.5. The van der Waals surface area contributed by atoms with Gasteiger partial charge in [-0.05, 0) is 103 Å². The third kappa shape index (κ3) is 11.5. The predicted octanol–water partition coefficient (Wildman–Crippen LogP) is 11.1. The number of anilines is 4. The second-order valence-corrected chi connectivity index (χ2v) is 17.8. The van der Waals surface area contributed by atoms with Gasteiger partial charge in [-0.25, -0.2) is 9.97 Å². The van der Waals surface area contributed by atoms with Gasteiger partial charge in [0.25, 0.3) is 11.8 Å². The first-order valence-electron chi connectivity index (χ1n) is 23.2. The summed E-state index contributed by atoms with van der Waals surface area (Å²) < 4.78 is 4.45. The van der Waals surface area contributed by atoms with E-state index in [1.54, 1.807) is 31.2 Å². The van der Waals surface area contributed by atoms with Crippen LogP contribution in [0.3, 0.4) is 0 Å². The summed E-state index contributed by atoms with van der Waals surface area (Å²) in [5.74, 6) is 1.53. The number of carbonyl (C=O) groups excluding carboxylic acids is 2. The zero-order valence-corrected chi connectivity index (χ0v) is 41.3. The third-order valence-electron chi connectivity index (χ3n) is 11.7. The molecule has 71 heavy (non-hydrogen) atoms. The number of amides is 2. The van der Waals surface area contributed by atoms with Crippen LogP contribution in [-0.4, -0.2) is 88.0 Å². The lowest BCUT2D eigenvalue weighted by atomic mass is 10.1. The summed E-state index contributed by atoms with van der Waals surface area (Å²) >= 11 is 3.62. The summed E-state index contributed by atoms with van der Waals surface area (Å²) in [6.07, 6.45) is 4.97. The Morgan fingerprint density at radius 3 is 1.49 bits per heavy atom. The molecule has 14 nitrogen and oxygen atoms in total. The highest BCUT2D eigenvalue weighted by Gasteiger charge is 2.17. The largest absolute Gasteiger partial charge is 0.341 e. The number of rotatable bonds is 14. The van der Waals surface area contributed by atoms with E-state index in [9.17, 15) is 9.59 Å². The van der Waals surface area contributed by atoms with Crippen molar-refractivity contribution in [3.8, 4) is 22.5 Å². The molecule has 0 spiro atoms. The maximum Gasteiger partial charge on any atom is 0.253 e. The molecule has 10 aromatic rings. The minimum absolute atomic E-state index is 0.0205. The molecule has 0 aliphatic carbocycles. The number of nitrogens with zero attached hydrogens (tertiary/aromatic N) is 10. The Morgan fingerprint density at radius 1 is 0.549 bits per heavy atom. The number of hydrogen-bond donors (Lipinski definition) is 2. The van der Waals surface area contributed by atoms with Crippen LogP contribution in [0.2, 0.25) is 0 Å². The number of aromatic nitrogens is 8. The highest BCUT2D eigenvalue weighted by Crippen LogP contribution is 2.30.